The van der Waals surface area contributed by atoms with E-state index in [2.05, 4.69) is 66.2 Å². The molecule has 3 rings (SSSR count). The van der Waals surface area contributed by atoms with Gasteiger partial charge in [-0.25, -0.2) is 0 Å². The van der Waals surface area contributed by atoms with Crippen LogP contribution in [0.1, 0.15) is 25.8 Å². The van der Waals surface area contributed by atoms with Crippen LogP contribution >= 0.6 is 11.8 Å². The number of hydrogen-bond acceptors (Lipinski definition) is 3. The van der Waals surface area contributed by atoms with Gasteiger partial charge < -0.3 is 5.32 Å². The molecule has 0 saturated carbocycles. The Bertz CT molecular complexity index is 412. The summed E-state index contributed by atoms with van der Waals surface area (Å²) in [7, 11) is 0. The fourth-order valence-electron chi connectivity index (χ4n) is 3.19. The molecule has 1 aromatic carbocycles. The highest BCUT2D eigenvalue weighted by Crippen LogP contribution is 2.40. The number of hydrogen-bond donors (Lipinski definition) is 1. The Morgan fingerprint density at radius 2 is 2.11 bits per heavy atom. The van der Waals surface area contributed by atoms with Crippen LogP contribution in [-0.4, -0.2) is 34.7 Å². The maximum Gasteiger partial charge on any atom is 0.0788 e. The van der Waals surface area contributed by atoms with Crippen molar-refractivity contribution in [1.29, 1.82) is 0 Å². The molecule has 2 heterocycles. The molecule has 0 amide bonds. The predicted octanol–water partition coefficient (Wildman–Crippen LogP) is 2.95. The Morgan fingerprint density at radius 3 is 2.79 bits per heavy atom. The van der Waals surface area contributed by atoms with Crippen molar-refractivity contribution in [1.82, 2.24) is 10.2 Å². The lowest BCUT2D eigenvalue weighted by Gasteiger charge is -2.37. The quantitative estimate of drug-likeness (QED) is 0.894. The molecule has 2 saturated heterocycles. The van der Waals surface area contributed by atoms with E-state index in [9.17, 15) is 0 Å². The molecule has 19 heavy (non-hydrogen) atoms. The van der Waals surface area contributed by atoms with Crippen LogP contribution in [0.3, 0.4) is 0 Å². The van der Waals surface area contributed by atoms with Crippen molar-refractivity contribution >= 4 is 11.8 Å². The van der Waals surface area contributed by atoms with Gasteiger partial charge in [0.1, 0.15) is 0 Å². The first kappa shape index (κ1) is 13.5. The summed E-state index contributed by atoms with van der Waals surface area (Å²) in [5, 5.41) is 3.81. The number of likely N-dealkylation sites (tertiary alicyclic amines) is 1. The maximum atomic E-state index is 3.81. The van der Waals surface area contributed by atoms with Crippen molar-refractivity contribution < 1.29 is 0 Å². The maximum absolute atomic E-state index is 3.81. The van der Waals surface area contributed by atoms with Gasteiger partial charge >= 0.3 is 0 Å². The summed E-state index contributed by atoms with van der Waals surface area (Å²) in [6.45, 7) is 8.16. The molecule has 3 unspecified atom stereocenters. The van der Waals surface area contributed by atoms with Crippen LogP contribution in [-0.2, 0) is 6.54 Å². The molecule has 1 N–H and O–H groups in total. The second-order valence-corrected chi connectivity index (χ2v) is 7.64. The van der Waals surface area contributed by atoms with Crippen LogP contribution < -0.4 is 5.32 Å². The third-order valence-corrected chi connectivity index (χ3v) is 6.08. The van der Waals surface area contributed by atoms with Crippen LogP contribution in [0.4, 0.5) is 0 Å². The van der Waals surface area contributed by atoms with E-state index in [4.69, 9.17) is 0 Å². The Morgan fingerprint density at radius 1 is 1.32 bits per heavy atom. The highest BCUT2D eigenvalue weighted by atomic mass is 32.2. The van der Waals surface area contributed by atoms with E-state index in [1.165, 1.54) is 30.8 Å². The minimum Gasteiger partial charge on any atom is -0.301 e. The lowest BCUT2D eigenvalue weighted by molar-refractivity contribution is 0.253. The molecule has 3 atom stereocenters. The zero-order valence-electron chi connectivity index (χ0n) is 11.9. The number of nitrogens with zero attached hydrogens (tertiary/aromatic N) is 1. The summed E-state index contributed by atoms with van der Waals surface area (Å²) in [4.78, 5) is 2.95. The molecule has 0 bridgehead atoms. The minimum atomic E-state index is 0.320. The summed E-state index contributed by atoms with van der Waals surface area (Å²) in [5.74, 6) is 2.12. The fourth-order valence-corrected chi connectivity index (χ4v) is 4.71. The Balaban J connectivity index is 1.65. The van der Waals surface area contributed by atoms with Gasteiger partial charge in [-0.15, -0.1) is 11.8 Å². The molecule has 2 aliphatic rings. The monoisotopic (exact) mass is 276 g/mol. The van der Waals surface area contributed by atoms with Gasteiger partial charge in [0.15, 0.2) is 0 Å². The largest absolute Gasteiger partial charge is 0.301 e. The van der Waals surface area contributed by atoms with Gasteiger partial charge in [0, 0.05) is 19.1 Å². The zero-order chi connectivity index (χ0) is 13.3. The van der Waals surface area contributed by atoms with Crippen molar-refractivity contribution in [3.05, 3.63) is 35.9 Å². The molecule has 2 fully saturated rings. The molecule has 2 nitrogen and oxygen atoms in total. The van der Waals surface area contributed by atoms with Gasteiger partial charge in [-0.1, -0.05) is 37.3 Å². The van der Waals surface area contributed by atoms with Crippen molar-refractivity contribution in [2.75, 3.05) is 18.8 Å². The lowest BCUT2D eigenvalue weighted by Crippen LogP contribution is -2.50. The highest BCUT2D eigenvalue weighted by Gasteiger charge is 2.44. The molecule has 104 valence electrons. The van der Waals surface area contributed by atoms with E-state index in [1.54, 1.807) is 0 Å². The van der Waals surface area contributed by atoms with Gasteiger partial charge in [-0.05, 0) is 37.1 Å². The van der Waals surface area contributed by atoms with Gasteiger partial charge in [-0.2, -0.15) is 0 Å². The van der Waals surface area contributed by atoms with E-state index in [1.807, 2.05) is 0 Å². The first-order valence-corrected chi connectivity index (χ1v) is 8.32. The van der Waals surface area contributed by atoms with Gasteiger partial charge in [0.2, 0.25) is 0 Å². The number of benzene rings is 1. The van der Waals surface area contributed by atoms with Gasteiger partial charge in [-0.3, -0.25) is 4.90 Å². The van der Waals surface area contributed by atoms with E-state index < -0.39 is 0 Å². The summed E-state index contributed by atoms with van der Waals surface area (Å²) < 4.78 is 0. The molecule has 0 aliphatic carbocycles. The standard InChI is InChI=1S/C16H24N2S/c1-13-9-17-16(19-11-13)8-14(2)18(12-16)10-15-6-4-3-5-7-15/h3-7,13-14,17H,8-12H2,1-2H3. The van der Waals surface area contributed by atoms with Gasteiger partial charge in [0.25, 0.3) is 0 Å². The zero-order valence-corrected chi connectivity index (χ0v) is 12.7. The van der Waals surface area contributed by atoms with E-state index in [-0.39, 0.29) is 0 Å². The summed E-state index contributed by atoms with van der Waals surface area (Å²) in [6.07, 6.45) is 1.28. The Labute approximate surface area is 121 Å². The van der Waals surface area contributed by atoms with E-state index in [0.717, 1.165) is 12.5 Å². The molecule has 2 aliphatic heterocycles. The Kier molecular flexibility index (Phi) is 3.88. The number of rotatable bonds is 2. The van der Waals surface area contributed by atoms with Crippen LogP contribution in [0, 0.1) is 5.92 Å². The third kappa shape index (κ3) is 2.99. The molecule has 3 heteroatoms. The minimum absolute atomic E-state index is 0.320. The van der Waals surface area contributed by atoms with Gasteiger partial charge in [0.05, 0.1) is 4.87 Å². The molecular weight excluding hydrogens is 252 g/mol. The molecule has 0 radical (unpaired) electrons. The molecular formula is C16H24N2S. The first-order chi connectivity index (χ1) is 9.17. The number of thioether (sulfide) groups is 1. The average molecular weight is 276 g/mol. The van der Waals surface area contributed by atoms with Crippen molar-refractivity contribution in [3.8, 4) is 0 Å². The Hall–Kier alpha value is -0.510. The third-order valence-electron chi connectivity index (χ3n) is 4.35. The van der Waals surface area contributed by atoms with Crippen LogP contribution in [0.5, 0.6) is 0 Å². The van der Waals surface area contributed by atoms with Crippen molar-refractivity contribution in [3.63, 3.8) is 0 Å². The topological polar surface area (TPSA) is 15.3 Å². The van der Waals surface area contributed by atoms with Crippen LogP contribution in [0.2, 0.25) is 0 Å². The fraction of sp³-hybridized carbons (Fsp3) is 0.625. The van der Waals surface area contributed by atoms with Crippen LogP contribution in [0.25, 0.3) is 0 Å². The summed E-state index contributed by atoms with van der Waals surface area (Å²) in [5.41, 5.74) is 1.43. The highest BCUT2D eigenvalue weighted by molar-refractivity contribution is 8.00. The predicted molar refractivity (Wildman–Crippen MR) is 83.3 cm³/mol. The second-order valence-electron chi connectivity index (χ2n) is 6.24. The van der Waals surface area contributed by atoms with E-state index in [0.29, 0.717) is 10.9 Å². The normalized spacial score (nSPS) is 35.9. The van der Waals surface area contributed by atoms with E-state index >= 15 is 0 Å². The van der Waals surface area contributed by atoms with Crippen molar-refractivity contribution in [2.45, 2.75) is 37.7 Å². The number of nitrogens with one attached hydrogen (secondary N) is 1. The molecule has 0 aromatic heterocycles. The second kappa shape index (κ2) is 5.47. The summed E-state index contributed by atoms with van der Waals surface area (Å²) in [6, 6.07) is 11.5. The SMILES string of the molecule is CC1CNC2(CC(C)N(Cc3ccccc3)C2)SC1. The summed E-state index contributed by atoms with van der Waals surface area (Å²) >= 11 is 2.15. The first-order valence-electron chi connectivity index (χ1n) is 7.34. The molecule has 1 spiro atoms. The molecule has 1 aromatic rings. The average Bonchev–Trinajstić information content (AvgIpc) is 2.71. The van der Waals surface area contributed by atoms with Crippen molar-refractivity contribution in [2.24, 2.45) is 5.92 Å². The lowest BCUT2D eigenvalue weighted by atomic mass is 10.1. The smallest absolute Gasteiger partial charge is 0.0788 e. The van der Waals surface area contributed by atoms with Crippen LogP contribution in [0.15, 0.2) is 30.3 Å².